The maximum Gasteiger partial charge on any atom is 0.337 e. The molecule has 1 aliphatic heterocycles. The number of halogens is 1. The summed E-state index contributed by atoms with van der Waals surface area (Å²) in [7, 11) is 5.29. The van der Waals surface area contributed by atoms with E-state index in [-0.39, 0.29) is 5.91 Å². The summed E-state index contributed by atoms with van der Waals surface area (Å²) in [6.45, 7) is 0.718. The number of aliphatic imine (C=N–C) groups is 1. The molecule has 0 saturated carbocycles. The minimum atomic E-state index is -0.630. The first-order valence-corrected chi connectivity index (χ1v) is 10.9. The van der Waals surface area contributed by atoms with E-state index in [1.807, 2.05) is 67.5 Å². The normalized spacial score (nSPS) is 15.4. The molecule has 4 rings (SSSR count). The Hall–Kier alpha value is -3.48. The average molecular weight is 462 g/mol. The van der Waals surface area contributed by atoms with E-state index in [0.29, 0.717) is 27.7 Å². The van der Waals surface area contributed by atoms with Gasteiger partial charge in [-0.25, -0.2) is 4.79 Å². The van der Waals surface area contributed by atoms with Crippen LogP contribution >= 0.6 is 11.6 Å². The molecule has 0 bridgehead atoms. The number of anilines is 1. The quantitative estimate of drug-likeness (QED) is 0.412. The Kier molecular flexibility index (Phi) is 6.58. The summed E-state index contributed by atoms with van der Waals surface area (Å²) in [5.41, 5.74) is 4.81. The first-order valence-electron chi connectivity index (χ1n) is 10.5. The highest BCUT2D eigenvalue weighted by atomic mass is 35.5. The number of benzene rings is 3. The van der Waals surface area contributed by atoms with Crippen LogP contribution in [0.4, 0.5) is 11.4 Å². The summed E-state index contributed by atoms with van der Waals surface area (Å²) in [6, 6.07) is 20.3. The molecule has 1 heterocycles. The second-order valence-electron chi connectivity index (χ2n) is 8.09. The molecule has 1 aliphatic rings. The first kappa shape index (κ1) is 22.7. The number of methoxy groups -OCH3 is 1. The number of esters is 1. The monoisotopic (exact) mass is 461 g/mol. The van der Waals surface area contributed by atoms with Crippen molar-refractivity contribution in [2.45, 2.75) is 12.5 Å². The highest BCUT2D eigenvalue weighted by Gasteiger charge is 2.36. The van der Waals surface area contributed by atoms with Crippen LogP contribution in [0.15, 0.2) is 71.7 Å². The highest BCUT2D eigenvalue weighted by molar-refractivity contribution is 6.31. The third-order valence-electron chi connectivity index (χ3n) is 5.42. The summed E-state index contributed by atoms with van der Waals surface area (Å²) >= 11 is 6.51. The number of carbonyl (C=O) groups excluding carboxylic acids is 2. The Bertz CT molecular complexity index is 1240. The zero-order valence-electron chi connectivity index (χ0n) is 18.6. The standard InChI is InChI=1S/C26H24ClN3O3/c1-30(2)15-18-9-11-19(14-21(18)27)28-24(16-7-5-4-6-8-16)23-20-12-10-17(26(32)33-3)13-22(20)29-25(23)31/h4-14,23H,15H2,1-3H3,(H,29,31). The number of fused-ring (bicyclic) bond motifs is 1. The van der Waals surface area contributed by atoms with Crippen molar-refractivity contribution in [3.63, 3.8) is 0 Å². The van der Waals surface area contributed by atoms with E-state index >= 15 is 0 Å². The summed E-state index contributed by atoms with van der Waals surface area (Å²) < 4.78 is 4.80. The maximum absolute atomic E-state index is 13.1. The molecule has 1 atom stereocenters. The van der Waals surface area contributed by atoms with Gasteiger partial charge < -0.3 is 15.0 Å². The Balaban J connectivity index is 1.80. The Labute approximate surface area is 197 Å². The van der Waals surface area contributed by atoms with Gasteiger partial charge in [0.05, 0.1) is 24.1 Å². The van der Waals surface area contributed by atoms with Gasteiger partial charge in [0.1, 0.15) is 5.92 Å². The third kappa shape index (κ3) is 4.82. The van der Waals surface area contributed by atoms with Crippen molar-refractivity contribution in [3.8, 4) is 0 Å². The fourth-order valence-electron chi connectivity index (χ4n) is 3.90. The zero-order valence-corrected chi connectivity index (χ0v) is 19.4. The number of nitrogens with zero attached hydrogens (tertiary/aromatic N) is 2. The lowest BCUT2D eigenvalue weighted by Gasteiger charge is -2.15. The molecule has 1 unspecified atom stereocenters. The Morgan fingerprint density at radius 2 is 1.82 bits per heavy atom. The number of hydrogen-bond donors (Lipinski definition) is 1. The van der Waals surface area contributed by atoms with Gasteiger partial charge in [0, 0.05) is 17.3 Å². The van der Waals surface area contributed by atoms with Crippen molar-refractivity contribution in [1.82, 2.24) is 4.90 Å². The van der Waals surface area contributed by atoms with E-state index < -0.39 is 11.9 Å². The first-order chi connectivity index (χ1) is 15.9. The van der Waals surface area contributed by atoms with Gasteiger partial charge in [0.15, 0.2) is 0 Å². The Morgan fingerprint density at radius 3 is 2.48 bits per heavy atom. The van der Waals surface area contributed by atoms with Crippen LogP contribution in [-0.2, 0) is 16.1 Å². The second-order valence-corrected chi connectivity index (χ2v) is 8.50. The van der Waals surface area contributed by atoms with Crippen LogP contribution in [0, 0.1) is 0 Å². The number of hydrogen-bond acceptors (Lipinski definition) is 5. The largest absolute Gasteiger partial charge is 0.465 e. The summed E-state index contributed by atoms with van der Waals surface area (Å²) in [5.74, 6) is -1.29. The van der Waals surface area contributed by atoms with Crippen molar-refractivity contribution < 1.29 is 14.3 Å². The fourth-order valence-corrected chi connectivity index (χ4v) is 4.13. The van der Waals surface area contributed by atoms with Crippen LogP contribution < -0.4 is 5.32 Å². The predicted octanol–water partition coefficient (Wildman–Crippen LogP) is 5.04. The van der Waals surface area contributed by atoms with Gasteiger partial charge in [0.25, 0.3) is 0 Å². The molecule has 3 aromatic rings. The number of amides is 1. The average Bonchev–Trinajstić information content (AvgIpc) is 3.13. The van der Waals surface area contributed by atoms with Gasteiger partial charge >= 0.3 is 5.97 Å². The lowest BCUT2D eigenvalue weighted by Crippen LogP contribution is -2.22. The molecule has 1 amide bonds. The molecular formula is C26H24ClN3O3. The third-order valence-corrected chi connectivity index (χ3v) is 5.77. The molecule has 0 saturated heterocycles. The Morgan fingerprint density at radius 1 is 1.06 bits per heavy atom. The predicted molar refractivity (Wildman–Crippen MR) is 131 cm³/mol. The van der Waals surface area contributed by atoms with Gasteiger partial charge in [-0.15, -0.1) is 0 Å². The lowest BCUT2D eigenvalue weighted by atomic mass is 9.90. The van der Waals surface area contributed by atoms with Gasteiger partial charge in [-0.2, -0.15) is 0 Å². The number of carbonyl (C=O) groups is 2. The van der Waals surface area contributed by atoms with Crippen molar-refractivity contribution in [2.75, 3.05) is 26.5 Å². The minimum absolute atomic E-state index is 0.204. The van der Waals surface area contributed by atoms with Crippen molar-refractivity contribution in [2.24, 2.45) is 4.99 Å². The maximum atomic E-state index is 13.1. The molecule has 1 N–H and O–H groups in total. The minimum Gasteiger partial charge on any atom is -0.465 e. The fraction of sp³-hybridized carbons (Fsp3) is 0.192. The molecule has 0 fully saturated rings. The van der Waals surface area contributed by atoms with Crippen LogP contribution in [0.3, 0.4) is 0 Å². The molecule has 0 spiro atoms. The van der Waals surface area contributed by atoms with E-state index in [4.69, 9.17) is 21.3 Å². The zero-order chi connectivity index (χ0) is 23.5. The lowest BCUT2D eigenvalue weighted by molar-refractivity contribution is -0.115. The van der Waals surface area contributed by atoms with E-state index in [1.54, 1.807) is 18.2 Å². The highest BCUT2D eigenvalue weighted by Crippen LogP contribution is 2.37. The molecule has 168 valence electrons. The van der Waals surface area contributed by atoms with E-state index in [9.17, 15) is 9.59 Å². The van der Waals surface area contributed by atoms with Gasteiger partial charge in [-0.05, 0) is 55.1 Å². The van der Waals surface area contributed by atoms with E-state index in [1.165, 1.54) is 7.11 Å². The molecule has 0 aromatic heterocycles. The van der Waals surface area contributed by atoms with Crippen molar-refractivity contribution in [1.29, 1.82) is 0 Å². The molecule has 0 radical (unpaired) electrons. The number of rotatable bonds is 6. The molecular weight excluding hydrogens is 438 g/mol. The molecule has 7 heteroatoms. The van der Waals surface area contributed by atoms with Gasteiger partial charge in [-0.1, -0.05) is 54.1 Å². The van der Waals surface area contributed by atoms with Crippen LogP contribution in [-0.4, -0.2) is 43.7 Å². The van der Waals surface area contributed by atoms with E-state index in [2.05, 4.69) is 5.32 Å². The second kappa shape index (κ2) is 9.57. The van der Waals surface area contributed by atoms with Gasteiger partial charge in [0.2, 0.25) is 5.91 Å². The van der Waals surface area contributed by atoms with Crippen LogP contribution in [0.25, 0.3) is 0 Å². The number of nitrogens with one attached hydrogen (secondary N) is 1. The van der Waals surface area contributed by atoms with Gasteiger partial charge in [-0.3, -0.25) is 9.79 Å². The van der Waals surface area contributed by atoms with E-state index in [0.717, 1.165) is 23.2 Å². The van der Waals surface area contributed by atoms with Crippen LogP contribution in [0.2, 0.25) is 5.02 Å². The molecule has 6 nitrogen and oxygen atoms in total. The van der Waals surface area contributed by atoms with Crippen LogP contribution in [0.1, 0.15) is 33.0 Å². The van der Waals surface area contributed by atoms with Crippen molar-refractivity contribution in [3.05, 3.63) is 94.0 Å². The molecule has 3 aromatic carbocycles. The van der Waals surface area contributed by atoms with Crippen LogP contribution in [0.5, 0.6) is 0 Å². The smallest absolute Gasteiger partial charge is 0.337 e. The summed E-state index contributed by atoms with van der Waals surface area (Å²) in [6.07, 6.45) is 0. The molecule has 0 aliphatic carbocycles. The summed E-state index contributed by atoms with van der Waals surface area (Å²) in [4.78, 5) is 31.9. The molecule has 33 heavy (non-hydrogen) atoms. The van der Waals surface area contributed by atoms with Crippen molar-refractivity contribution >= 4 is 40.6 Å². The summed E-state index contributed by atoms with van der Waals surface area (Å²) in [5, 5.41) is 3.51. The topological polar surface area (TPSA) is 71.0 Å². The number of ether oxygens (including phenoxy) is 1. The SMILES string of the molecule is COC(=O)c1ccc2c(c1)NC(=O)C2C(=Nc1ccc(CN(C)C)c(Cl)c1)c1ccccc1.